The molecular formula is C20H27N3O2. The minimum Gasteiger partial charge on any atom is -0.391 e. The van der Waals surface area contributed by atoms with Gasteiger partial charge in [0.05, 0.1) is 6.10 Å². The molecule has 1 saturated heterocycles. The summed E-state index contributed by atoms with van der Waals surface area (Å²) < 4.78 is 0. The van der Waals surface area contributed by atoms with Crippen molar-refractivity contribution < 1.29 is 9.90 Å². The van der Waals surface area contributed by atoms with E-state index in [4.69, 9.17) is 0 Å². The fraction of sp³-hybridized carbons (Fsp3) is 0.500. The number of amides is 1. The van der Waals surface area contributed by atoms with Crippen molar-refractivity contribution >= 4 is 16.7 Å². The average molecular weight is 341 g/mol. The molecule has 1 N–H and O–H groups in total. The molecule has 1 amide bonds. The molecular weight excluding hydrogens is 314 g/mol. The van der Waals surface area contributed by atoms with Crippen molar-refractivity contribution in [3.8, 4) is 0 Å². The van der Waals surface area contributed by atoms with Crippen molar-refractivity contribution in [2.75, 3.05) is 32.7 Å². The van der Waals surface area contributed by atoms with Gasteiger partial charge in [0.1, 0.15) is 5.69 Å². The number of aliphatic hydroxyl groups excluding tert-OH is 1. The first kappa shape index (κ1) is 17.8. The number of benzene rings is 1. The van der Waals surface area contributed by atoms with Crippen LogP contribution in [0.3, 0.4) is 0 Å². The zero-order valence-corrected chi connectivity index (χ0v) is 15.3. The summed E-state index contributed by atoms with van der Waals surface area (Å²) in [7, 11) is 0. The molecule has 5 heteroatoms. The minimum absolute atomic E-state index is 0.00665. The SMILES string of the molecule is CC(C)(C)[C@@H](O)CN1CCN(C(=O)c2nccc3ccccc23)CC1. The third-order valence-corrected chi connectivity index (χ3v) is 4.97. The lowest BCUT2D eigenvalue weighted by molar-refractivity contribution is 0.0136. The zero-order chi connectivity index (χ0) is 18.0. The molecule has 1 aromatic heterocycles. The summed E-state index contributed by atoms with van der Waals surface area (Å²) in [5.74, 6) is -0.00665. The molecule has 0 spiro atoms. The van der Waals surface area contributed by atoms with Gasteiger partial charge in [-0.2, -0.15) is 0 Å². The van der Waals surface area contributed by atoms with Gasteiger partial charge in [0.2, 0.25) is 0 Å². The summed E-state index contributed by atoms with van der Waals surface area (Å²) >= 11 is 0. The summed E-state index contributed by atoms with van der Waals surface area (Å²) in [6, 6.07) is 9.78. The number of aliphatic hydroxyl groups is 1. The highest BCUT2D eigenvalue weighted by atomic mass is 16.3. The van der Waals surface area contributed by atoms with Gasteiger partial charge in [-0.15, -0.1) is 0 Å². The van der Waals surface area contributed by atoms with Crippen LogP contribution in [0.2, 0.25) is 0 Å². The first-order valence-electron chi connectivity index (χ1n) is 8.90. The van der Waals surface area contributed by atoms with Gasteiger partial charge in [0.25, 0.3) is 5.91 Å². The maximum atomic E-state index is 12.9. The molecule has 1 fully saturated rings. The third kappa shape index (κ3) is 3.99. The standard InChI is InChI=1S/C20H27N3O2/c1-20(2,3)17(24)14-22-10-12-23(13-11-22)19(25)18-16-7-5-4-6-15(16)8-9-21-18/h4-9,17,24H,10-14H2,1-3H3/t17-/m0/s1. The molecule has 0 bridgehead atoms. The first-order chi connectivity index (χ1) is 11.9. The molecule has 5 nitrogen and oxygen atoms in total. The molecule has 2 aromatic rings. The molecule has 0 aliphatic carbocycles. The van der Waals surface area contributed by atoms with E-state index in [2.05, 4.69) is 9.88 Å². The number of nitrogens with zero attached hydrogens (tertiary/aromatic N) is 3. The Bertz CT molecular complexity index is 741. The molecule has 0 unspecified atom stereocenters. The van der Waals surface area contributed by atoms with Gasteiger partial charge < -0.3 is 10.0 Å². The van der Waals surface area contributed by atoms with Crippen molar-refractivity contribution in [2.24, 2.45) is 5.41 Å². The molecule has 134 valence electrons. The van der Waals surface area contributed by atoms with E-state index >= 15 is 0 Å². The third-order valence-electron chi connectivity index (χ3n) is 4.97. The molecule has 1 aromatic carbocycles. The van der Waals surface area contributed by atoms with Crippen LogP contribution in [-0.4, -0.2) is 64.6 Å². The molecule has 1 atom stereocenters. The monoisotopic (exact) mass is 341 g/mol. The summed E-state index contributed by atoms with van der Waals surface area (Å²) in [6.45, 7) is 9.68. The highest BCUT2D eigenvalue weighted by Crippen LogP contribution is 2.21. The van der Waals surface area contributed by atoms with E-state index in [1.54, 1.807) is 6.20 Å². The van der Waals surface area contributed by atoms with Gasteiger partial charge in [-0.25, -0.2) is 0 Å². The molecule has 1 aliphatic rings. The second-order valence-corrected chi connectivity index (χ2v) is 7.86. The van der Waals surface area contributed by atoms with E-state index in [-0.39, 0.29) is 17.4 Å². The lowest BCUT2D eigenvalue weighted by Gasteiger charge is -2.37. The Kier molecular flexibility index (Phi) is 5.06. The highest BCUT2D eigenvalue weighted by molar-refractivity contribution is 6.05. The number of piperazine rings is 1. The number of β-amino-alcohol motifs (C(OH)–C–C–N with tert-alkyl or cyclic N) is 1. The Morgan fingerprint density at radius 1 is 1.16 bits per heavy atom. The quantitative estimate of drug-likeness (QED) is 0.931. The van der Waals surface area contributed by atoms with E-state index in [9.17, 15) is 9.90 Å². The van der Waals surface area contributed by atoms with Crippen molar-refractivity contribution in [2.45, 2.75) is 26.9 Å². The van der Waals surface area contributed by atoms with Crippen LogP contribution >= 0.6 is 0 Å². The Morgan fingerprint density at radius 2 is 1.84 bits per heavy atom. The van der Waals surface area contributed by atoms with Gasteiger partial charge in [0.15, 0.2) is 0 Å². The van der Waals surface area contributed by atoms with Crippen LogP contribution in [0.1, 0.15) is 31.3 Å². The van der Waals surface area contributed by atoms with Gasteiger partial charge in [-0.3, -0.25) is 14.7 Å². The molecule has 1 aliphatic heterocycles. The van der Waals surface area contributed by atoms with Crippen LogP contribution in [0.15, 0.2) is 36.5 Å². The minimum atomic E-state index is -0.366. The number of aromatic nitrogens is 1. The maximum Gasteiger partial charge on any atom is 0.273 e. The predicted molar refractivity (Wildman–Crippen MR) is 99.5 cm³/mol. The molecule has 0 radical (unpaired) electrons. The van der Waals surface area contributed by atoms with Gasteiger partial charge in [0, 0.05) is 44.3 Å². The average Bonchev–Trinajstić information content (AvgIpc) is 2.60. The van der Waals surface area contributed by atoms with E-state index in [1.165, 1.54) is 0 Å². The number of fused-ring (bicyclic) bond motifs is 1. The number of carbonyl (C=O) groups is 1. The topological polar surface area (TPSA) is 56.7 Å². The van der Waals surface area contributed by atoms with Crippen LogP contribution < -0.4 is 0 Å². The summed E-state index contributed by atoms with van der Waals surface area (Å²) in [5, 5.41) is 12.2. The number of carbonyl (C=O) groups excluding carboxylic acids is 1. The second kappa shape index (κ2) is 7.10. The van der Waals surface area contributed by atoms with Crippen LogP contribution in [0.25, 0.3) is 10.8 Å². The van der Waals surface area contributed by atoms with Crippen molar-refractivity contribution in [1.29, 1.82) is 0 Å². The Morgan fingerprint density at radius 3 is 2.52 bits per heavy atom. The predicted octanol–water partition coefficient (Wildman–Crippen LogP) is 2.40. The van der Waals surface area contributed by atoms with E-state index < -0.39 is 0 Å². The van der Waals surface area contributed by atoms with Crippen LogP contribution in [0.4, 0.5) is 0 Å². The number of pyridine rings is 1. The lowest BCUT2D eigenvalue weighted by atomic mass is 9.89. The van der Waals surface area contributed by atoms with Crippen LogP contribution in [0.5, 0.6) is 0 Å². The normalized spacial score (nSPS) is 17.7. The largest absolute Gasteiger partial charge is 0.391 e. The van der Waals surface area contributed by atoms with Crippen LogP contribution in [-0.2, 0) is 0 Å². The highest BCUT2D eigenvalue weighted by Gasteiger charge is 2.28. The van der Waals surface area contributed by atoms with E-state index in [1.807, 2.05) is 56.0 Å². The summed E-state index contributed by atoms with van der Waals surface area (Å²) in [5.41, 5.74) is 0.404. The van der Waals surface area contributed by atoms with Crippen molar-refractivity contribution in [3.05, 3.63) is 42.2 Å². The Balaban J connectivity index is 1.66. The molecule has 2 heterocycles. The Labute approximate surface area is 149 Å². The van der Waals surface area contributed by atoms with Crippen molar-refractivity contribution in [3.63, 3.8) is 0 Å². The fourth-order valence-corrected chi connectivity index (χ4v) is 3.09. The second-order valence-electron chi connectivity index (χ2n) is 7.86. The summed E-state index contributed by atoms with van der Waals surface area (Å²) in [4.78, 5) is 21.3. The summed E-state index contributed by atoms with van der Waals surface area (Å²) in [6.07, 6.45) is 1.33. The fourth-order valence-electron chi connectivity index (χ4n) is 3.09. The molecule has 3 rings (SSSR count). The molecule has 25 heavy (non-hydrogen) atoms. The number of rotatable bonds is 3. The van der Waals surface area contributed by atoms with Gasteiger partial charge in [-0.05, 0) is 16.9 Å². The Hall–Kier alpha value is -1.98. The van der Waals surface area contributed by atoms with E-state index in [0.717, 1.165) is 23.9 Å². The number of hydrogen-bond donors (Lipinski definition) is 1. The van der Waals surface area contributed by atoms with Crippen molar-refractivity contribution in [1.82, 2.24) is 14.8 Å². The first-order valence-corrected chi connectivity index (χ1v) is 8.90. The lowest BCUT2D eigenvalue weighted by Crippen LogP contribution is -2.51. The maximum absolute atomic E-state index is 12.9. The van der Waals surface area contributed by atoms with Gasteiger partial charge >= 0.3 is 0 Å². The zero-order valence-electron chi connectivity index (χ0n) is 15.3. The molecule has 0 saturated carbocycles. The van der Waals surface area contributed by atoms with Gasteiger partial charge in [-0.1, -0.05) is 45.0 Å². The smallest absolute Gasteiger partial charge is 0.273 e. The number of hydrogen-bond acceptors (Lipinski definition) is 4. The van der Waals surface area contributed by atoms with Crippen LogP contribution in [0, 0.1) is 5.41 Å². The van der Waals surface area contributed by atoms with E-state index in [0.29, 0.717) is 25.3 Å².